The van der Waals surface area contributed by atoms with E-state index >= 15 is 0 Å². The average Bonchev–Trinajstić information content (AvgIpc) is 2.56. The minimum Gasteiger partial charge on any atom is -0.309 e. The second-order valence-electron chi connectivity index (χ2n) is 6.00. The predicted molar refractivity (Wildman–Crippen MR) is 90.1 cm³/mol. The van der Waals surface area contributed by atoms with Crippen LogP contribution in [0.2, 0.25) is 0 Å². The lowest BCUT2D eigenvalue weighted by Crippen LogP contribution is -2.50. The van der Waals surface area contributed by atoms with Crippen LogP contribution in [-0.2, 0) is 4.79 Å². The van der Waals surface area contributed by atoms with E-state index < -0.39 is 0 Å². The maximum atomic E-state index is 13.0. The summed E-state index contributed by atoms with van der Waals surface area (Å²) in [6, 6.07) is 17.9. The van der Waals surface area contributed by atoms with E-state index in [0.717, 1.165) is 17.8 Å². The Bertz CT molecular complexity index is 651. The van der Waals surface area contributed by atoms with Gasteiger partial charge in [0.25, 0.3) is 0 Å². The quantitative estimate of drug-likeness (QED) is 0.940. The molecule has 0 saturated carbocycles. The molecule has 22 heavy (non-hydrogen) atoms. The van der Waals surface area contributed by atoms with Crippen molar-refractivity contribution in [3.63, 3.8) is 0 Å². The van der Waals surface area contributed by atoms with Gasteiger partial charge in [0.1, 0.15) is 6.04 Å². The topological polar surface area (TPSA) is 32.3 Å². The van der Waals surface area contributed by atoms with Crippen LogP contribution in [0.5, 0.6) is 0 Å². The largest absolute Gasteiger partial charge is 0.309 e. The second-order valence-corrected chi connectivity index (χ2v) is 6.00. The fourth-order valence-corrected chi connectivity index (χ4v) is 3.08. The number of carbonyl (C=O) groups is 1. The van der Waals surface area contributed by atoms with Crippen LogP contribution in [-0.4, -0.2) is 19.0 Å². The minimum absolute atomic E-state index is 0.130. The number of hydrogen-bond donors (Lipinski definition) is 1. The highest BCUT2D eigenvalue weighted by atomic mass is 16.2. The molecule has 0 aliphatic carbocycles. The van der Waals surface area contributed by atoms with Crippen LogP contribution in [0.15, 0.2) is 54.6 Å². The third kappa shape index (κ3) is 2.77. The molecule has 1 N–H and O–H groups in total. The normalized spacial score (nSPS) is 18.8. The molecule has 2 aromatic carbocycles. The second kappa shape index (κ2) is 6.32. The summed E-state index contributed by atoms with van der Waals surface area (Å²) in [4.78, 5) is 14.9. The molecular formula is C19H22N2O. The highest BCUT2D eigenvalue weighted by Crippen LogP contribution is 2.29. The van der Waals surface area contributed by atoms with Gasteiger partial charge in [-0.05, 0) is 29.2 Å². The number of nitrogens with one attached hydrogen (secondary N) is 1. The number of hydrogen-bond acceptors (Lipinski definition) is 2. The summed E-state index contributed by atoms with van der Waals surface area (Å²) in [7, 11) is 0. The number of para-hydroxylation sites is 1. The van der Waals surface area contributed by atoms with Crippen molar-refractivity contribution >= 4 is 11.6 Å². The van der Waals surface area contributed by atoms with Crippen LogP contribution < -0.4 is 10.2 Å². The molecule has 1 heterocycles. The Morgan fingerprint density at radius 1 is 1.05 bits per heavy atom. The molecule has 1 aliphatic heterocycles. The Kier molecular flexibility index (Phi) is 4.25. The number of benzene rings is 2. The molecule has 3 nitrogen and oxygen atoms in total. The third-order valence-corrected chi connectivity index (χ3v) is 4.19. The van der Waals surface area contributed by atoms with E-state index in [-0.39, 0.29) is 11.9 Å². The van der Waals surface area contributed by atoms with Crippen molar-refractivity contribution in [3.8, 4) is 0 Å². The first-order chi connectivity index (χ1) is 10.7. The lowest BCUT2D eigenvalue weighted by Gasteiger charge is -2.34. The molecule has 1 saturated heterocycles. The molecule has 1 fully saturated rings. The molecule has 1 atom stereocenters. The summed E-state index contributed by atoms with van der Waals surface area (Å²) >= 11 is 0. The van der Waals surface area contributed by atoms with Crippen molar-refractivity contribution in [1.82, 2.24) is 5.32 Å². The summed E-state index contributed by atoms with van der Waals surface area (Å²) in [5.74, 6) is 0.531. The Morgan fingerprint density at radius 3 is 2.45 bits per heavy atom. The molecule has 3 rings (SSSR count). The number of piperazine rings is 1. The highest BCUT2D eigenvalue weighted by Gasteiger charge is 2.31. The number of amides is 1. The van der Waals surface area contributed by atoms with E-state index in [1.54, 1.807) is 0 Å². The molecule has 0 bridgehead atoms. The van der Waals surface area contributed by atoms with Crippen LogP contribution in [0.4, 0.5) is 5.69 Å². The van der Waals surface area contributed by atoms with E-state index in [4.69, 9.17) is 0 Å². The van der Waals surface area contributed by atoms with Gasteiger partial charge in [-0.25, -0.2) is 0 Å². The molecule has 1 amide bonds. The average molecular weight is 294 g/mol. The summed E-state index contributed by atoms with van der Waals surface area (Å²) in [6.07, 6.45) is 0. The summed E-state index contributed by atoms with van der Waals surface area (Å²) in [5.41, 5.74) is 3.31. The maximum Gasteiger partial charge on any atom is 0.248 e. The van der Waals surface area contributed by atoms with E-state index in [1.807, 2.05) is 47.4 Å². The predicted octanol–water partition coefficient (Wildman–Crippen LogP) is 3.49. The Balaban J connectivity index is 1.94. The van der Waals surface area contributed by atoms with Crippen LogP contribution in [0.25, 0.3) is 0 Å². The van der Waals surface area contributed by atoms with Crippen molar-refractivity contribution in [1.29, 1.82) is 0 Å². The van der Waals surface area contributed by atoms with E-state index in [1.165, 1.54) is 5.56 Å². The van der Waals surface area contributed by atoms with Gasteiger partial charge in [-0.2, -0.15) is 0 Å². The van der Waals surface area contributed by atoms with Gasteiger partial charge >= 0.3 is 0 Å². The van der Waals surface area contributed by atoms with Gasteiger partial charge in [-0.1, -0.05) is 56.3 Å². The van der Waals surface area contributed by atoms with Crippen molar-refractivity contribution in [2.75, 3.05) is 18.0 Å². The molecule has 0 aromatic heterocycles. The van der Waals surface area contributed by atoms with Gasteiger partial charge in [0, 0.05) is 18.8 Å². The zero-order valence-electron chi connectivity index (χ0n) is 13.1. The standard InChI is InChI=1S/C19H22N2O/c1-14(2)16-10-6-7-11-17(16)18-19(22)21(13-12-20-18)15-8-4-3-5-9-15/h3-11,14,18,20H,12-13H2,1-2H3. The zero-order chi connectivity index (χ0) is 15.5. The highest BCUT2D eigenvalue weighted by molar-refractivity contribution is 5.98. The van der Waals surface area contributed by atoms with E-state index in [2.05, 4.69) is 31.3 Å². The van der Waals surface area contributed by atoms with Crippen molar-refractivity contribution < 1.29 is 4.79 Å². The smallest absolute Gasteiger partial charge is 0.248 e. The first kappa shape index (κ1) is 14.8. The molecule has 114 valence electrons. The number of nitrogens with zero attached hydrogens (tertiary/aromatic N) is 1. The molecule has 0 spiro atoms. The summed E-state index contributed by atoms with van der Waals surface area (Å²) < 4.78 is 0. The van der Waals surface area contributed by atoms with Gasteiger partial charge < -0.3 is 10.2 Å². The number of carbonyl (C=O) groups excluding carboxylic acids is 1. The van der Waals surface area contributed by atoms with Gasteiger partial charge in [0.2, 0.25) is 5.91 Å². The molecular weight excluding hydrogens is 272 g/mol. The van der Waals surface area contributed by atoms with Crippen LogP contribution in [0.3, 0.4) is 0 Å². The third-order valence-electron chi connectivity index (χ3n) is 4.19. The molecule has 2 aromatic rings. The molecule has 0 radical (unpaired) electrons. The van der Waals surface area contributed by atoms with Crippen LogP contribution in [0.1, 0.15) is 36.9 Å². The SMILES string of the molecule is CC(C)c1ccccc1C1NCCN(c2ccccc2)C1=O. The minimum atomic E-state index is -0.257. The Hall–Kier alpha value is -2.13. The lowest BCUT2D eigenvalue weighted by molar-refractivity contribution is -0.121. The summed E-state index contributed by atoms with van der Waals surface area (Å²) in [6.45, 7) is 5.85. The van der Waals surface area contributed by atoms with Gasteiger partial charge in [0.05, 0.1) is 0 Å². The maximum absolute atomic E-state index is 13.0. The van der Waals surface area contributed by atoms with Crippen molar-refractivity contribution in [3.05, 3.63) is 65.7 Å². The monoisotopic (exact) mass is 294 g/mol. The van der Waals surface area contributed by atoms with Gasteiger partial charge in [0.15, 0.2) is 0 Å². The number of anilines is 1. The fraction of sp³-hybridized carbons (Fsp3) is 0.316. The summed E-state index contributed by atoms with van der Waals surface area (Å²) in [5, 5.41) is 3.39. The van der Waals surface area contributed by atoms with Crippen LogP contribution >= 0.6 is 0 Å². The van der Waals surface area contributed by atoms with Crippen molar-refractivity contribution in [2.45, 2.75) is 25.8 Å². The van der Waals surface area contributed by atoms with Crippen LogP contribution in [0, 0.1) is 0 Å². The zero-order valence-corrected chi connectivity index (χ0v) is 13.1. The first-order valence-electron chi connectivity index (χ1n) is 7.87. The Morgan fingerprint density at radius 2 is 1.73 bits per heavy atom. The molecule has 1 aliphatic rings. The van der Waals surface area contributed by atoms with Gasteiger partial charge in [-0.15, -0.1) is 0 Å². The fourth-order valence-electron chi connectivity index (χ4n) is 3.08. The van der Waals surface area contributed by atoms with E-state index in [9.17, 15) is 4.79 Å². The molecule has 3 heteroatoms. The van der Waals surface area contributed by atoms with Gasteiger partial charge in [-0.3, -0.25) is 4.79 Å². The molecule has 1 unspecified atom stereocenters. The lowest BCUT2D eigenvalue weighted by atomic mass is 9.91. The first-order valence-corrected chi connectivity index (χ1v) is 7.87. The Labute approximate surface area is 132 Å². The van der Waals surface area contributed by atoms with E-state index in [0.29, 0.717) is 12.5 Å². The number of rotatable bonds is 3. The van der Waals surface area contributed by atoms with Crippen molar-refractivity contribution in [2.24, 2.45) is 0 Å².